The highest BCUT2D eigenvalue weighted by Crippen LogP contribution is 2.29. The monoisotopic (exact) mass is 293 g/mol. The second-order valence-corrected chi connectivity index (χ2v) is 7.19. The molecule has 2 rings (SSSR count). The Balaban J connectivity index is 2.62. The fourth-order valence-electron chi connectivity index (χ4n) is 2.14. The molecule has 6 heteroatoms. The number of para-hydroxylation sites is 1. The highest BCUT2D eigenvalue weighted by molar-refractivity contribution is 7.90. The molecule has 0 spiro atoms. The van der Waals surface area contributed by atoms with Crippen LogP contribution >= 0.6 is 0 Å². The molecule has 0 amide bonds. The molecule has 0 radical (unpaired) electrons. The van der Waals surface area contributed by atoms with E-state index < -0.39 is 15.1 Å². The number of nitrogen functional groups attached to an aromatic ring is 1. The average molecular weight is 293 g/mol. The van der Waals surface area contributed by atoms with Crippen LogP contribution < -0.4 is 5.73 Å². The Labute approximate surface area is 119 Å². The van der Waals surface area contributed by atoms with Gasteiger partial charge < -0.3 is 5.73 Å². The zero-order valence-corrected chi connectivity index (χ0v) is 12.7. The number of aromatic nitrogens is 2. The number of benzene rings is 1. The van der Waals surface area contributed by atoms with Crippen LogP contribution in [0.3, 0.4) is 0 Å². The molecule has 0 aliphatic rings. The number of nitrogens with two attached hydrogens (primary N) is 1. The molecule has 1 heterocycles. The summed E-state index contributed by atoms with van der Waals surface area (Å²) in [6.45, 7) is 3.59. The highest BCUT2D eigenvalue weighted by Gasteiger charge is 2.26. The van der Waals surface area contributed by atoms with Crippen molar-refractivity contribution in [3.63, 3.8) is 0 Å². The second kappa shape index (κ2) is 5.28. The van der Waals surface area contributed by atoms with E-state index in [9.17, 15) is 8.42 Å². The lowest BCUT2D eigenvalue weighted by atomic mass is 10.1. The summed E-state index contributed by atoms with van der Waals surface area (Å²) in [5.41, 5.74) is 8.30. The van der Waals surface area contributed by atoms with E-state index in [2.05, 4.69) is 5.10 Å². The first kappa shape index (κ1) is 14.6. The van der Waals surface area contributed by atoms with Gasteiger partial charge in [0.05, 0.1) is 11.4 Å². The molecular weight excluding hydrogens is 274 g/mol. The molecule has 1 unspecified atom stereocenters. The van der Waals surface area contributed by atoms with E-state index in [1.54, 1.807) is 11.6 Å². The molecule has 2 aromatic rings. The van der Waals surface area contributed by atoms with Crippen molar-refractivity contribution in [1.29, 1.82) is 0 Å². The minimum Gasteiger partial charge on any atom is -0.383 e. The lowest BCUT2D eigenvalue weighted by Crippen LogP contribution is -2.10. The molecular formula is C14H19N3O2S. The zero-order chi connectivity index (χ0) is 14.9. The maximum atomic E-state index is 11.8. The van der Waals surface area contributed by atoms with Crippen LogP contribution in [0.5, 0.6) is 0 Å². The number of sulfone groups is 1. The van der Waals surface area contributed by atoms with Gasteiger partial charge >= 0.3 is 0 Å². The second-order valence-electron chi connectivity index (χ2n) is 4.82. The normalized spacial score (nSPS) is 13.3. The summed E-state index contributed by atoms with van der Waals surface area (Å²) in [7, 11) is -3.21. The Morgan fingerprint density at radius 1 is 1.30 bits per heavy atom. The number of anilines is 1. The van der Waals surface area contributed by atoms with Crippen LogP contribution in [0.1, 0.15) is 30.4 Å². The molecule has 108 valence electrons. The molecule has 0 bridgehead atoms. The lowest BCUT2D eigenvalue weighted by Gasteiger charge is -2.07. The number of hydrogen-bond acceptors (Lipinski definition) is 4. The van der Waals surface area contributed by atoms with Gasteiger partial charge in [-0.15, -0.1) is 0 Å². The molecule has 5 nitrogen and oxygen atoms in total. The van der Waals surface area contributed by atoms with E-state index in [1.807, 2.05) is 37.3 Å². The van der Waals surface area contributed by atoms with E-state index in [0.29, 0.717) is 17.9 Å². The number of rotatable bonds is 4. The van der Waals surface area contributed by atoms with Crippen LogP contribution in [-0.4, -0.2) is 24.5 Å². The Morgan fingerprint density at radius 3 is 2.40 bits per heavy atom. The van der Waals surface area contributed by atoms with Crippen LogP contribution in [0.25, 0.3) is 5.69 Å². The smallest absolute Gasteiger partial charge is 0.155 e. The van der Waals surface area contributed by atoms with E-state index in [4.69, 9.17) is 5.73 Å². The summed E-state index contributed by atoms with van der Waals surface area (Å²) in [6.07, 6.45) is 1.86. The third kappa shape index (κ3) is 2.56. The number of hydrogen-bond donors (Lipinski definition) is 1. The van der Waals surface area contributed by atoms with Gasteiger partial charge in [-0.05, 0) is 25.5 Å². The maximum Gasteiger partial charge on any atom is 0.155 e. The fourth-order valence-corrected chi connectivity index (χ4v) is 2.73. The molecule has 1 aromatic heterocycles. The van der Waals surface area contributed by atoms with Crippen molar-refractivity contribution in [3.05, 3.63) is 41.6 Å². The van der Waals surface area contributed by atoms with Crippen molar-refractivity contribution in [1.82, 2.24) is 9.78 Å². The van der Waals surface area contributed by atoms with Gasteiger partial charge in [-0.2, -0.15) is 5.10 Å². The number of nitrogens with zero attached hydrogens (tertiary/aromatic N) is 2. The van der Waals surface area contributed by atoms with Gasteiger partial charge in [0, 0.05) is 11.8 Å². The van der Waals surface area contributed by atoms with Crippen LogP contribution in [0.2, 0.25) is 0 Å². The molecule has 0 saturated carbocycles. The molecule has 2 N–H and O–H groups in total. The van der Waals surface area contributed by atoms with Gasteiger partial charge in [0.1, 0.15) is 11.1 Å². The van der Waals surface area contributed by atoms with Crippen LogP contribution in [0.4, 0.5) is 5.82 Å². The fraction of sp³-hybridized carbons (Fsp3) is 0.357. The van der Waals surface area contributed by atoms with E-state index in [-0.39, 0.29) is 0 Å². The van der Waals surface area contributed by atoms with Crippen LogP contribution in [-0.2, 0) is 16.3 Å². The van der Waals surface area contributed by atoms with E-state index in [1.165, 1.54) is 6.26 Å². The Kier molecular flexibility index (Phi) is 3.85. The summed E-state index contributed by atoms with van der Waals surface area (Å²) in [5.74, 6) is 0.504. The molecule has 20 heavy (non-hydrogen) atoms. The van der Waals surface area contributed by atoms with E-state index in [0.717, 1.165) is 11.3 Å². The first-order valence-electron chi connectivity index (χ1n) is 6.47. The van der Waals surface area contributed by atoms with Gasteiger partial charge in [-0.1, -0.05) is 25.1 Å². The van der Waals surface area contributed by atoms with Gasteiger partial charge in [0.15, 0.2) is 9.84 Å². The predicted octanol–water partition coefficient (Wildman–Crippen LogP) is 2.12. The predicted molar refractivity (Wildman–Crippen MR) is 80.6 cm³/mol. The standard InChI is InChI=1S/C14H19N3O2S/c1-4-12-13(10(2)20(3,18)19)16-17(14(12)15)11-8-6-5-7-9-11/h5-10H,4,15H2,1-3H3. The third-order valence-electron chi connectivity index (χ3n) is 3.44. The molecule has 1 aromatic carbocycles. The summed E-state index contributed by atoms with van der Waals surface area (Å²) in [6, 6.07) is 9.46. The van der Waals surface area contributed by atoms with Crippen molar-refractivity contribution in [2.45, 2.75) is 25.5 Å². The third-order valence-corrected chi connectivity index (χ3v) is 4.94. The lowest BCUT2D eigenvalue weighted by molar-refractivity contribution is 0.590. The zero-order valence-electron chi connectivity index (χ0n) is 11.9. The van der Waals surface area contributed by atoms with Crippen LogP contribution in [0, 0.1) is 0 Å². The topological polar surface area (TPSA) is 78.0 Å². The van der Waals surface area contributed by atoms with Crippen molar-refractivity contribution < 1.29 is 8.42 Å². The first-order valence-corrected chi connectivity index (χ1v) is 8.43. The first-order chi connectivity index (χ1) is 9.36. The molecule has 1 atom stereocenters. The Morgan fingerprint density at radius 2 is 1.90 bits per heavy atom. The minimum absolute atomic E-state index is 0.504. The van der Waals surface area contributed by atoms with Gasteiger partial charge in [-0.3, -0.25) is 0 Å². The maximum absolute atomic E-state index is 11.8. The molecule has 0 saturated heterocycles. The van der Waals surface area contributed by atoms with Gasteiger partial charge in [0.2, 0.25) is 0 Å². The quantitative estimate of drug-likeness (QED) is 0.936. The highest BCUT2D eigenvalue weighted by atomic mass is 32.2. The van der Waals surface area contributed by atoms with Gasteiger partial charge in [0.25, 0.3) is 0 Å². The molecule has 0 aliphatic carbocycles. The average Bonchev–Trinajstić information content (AvgIpc) is 2.74. The van der Waals surface area contributed by atoms with Crippen molar-refractivity contribution in [3.8, 4) is 5.69 Å². The summed E-state index contributed by atoms with van der Waals surface area (Å²) in [5, 5.41) is 3.77. The van der Waals surface area contributed by atoms with Crippen LogP contribution in [0.15, 0.2) is 30.3 Å². The SMILES string of the molecule is CCc1c(C(C)S(C)(=O)=O)nn(-c2ccccc2)c1N. The molecule has 0 fully saturated rings. The van der Waals surface area contributed by atoms with Gasteiger partial charge in [-0.25, -0.2) is 13.1 Å². The Hall–Kier alpha value is -1.82. The summed E-state index contributed by atoms with van der Waals surface area (Å²) in [4.78, 5) is 0. The van der Waals surface area contributed by atoms with E-state index >= 15 is 0 Å². The largest absolute Gasteiger partial charge is 0.383 e. The van der Waals surface area contributed by atoms with Crippen molar-refractivity contribution >= 4 is 15.7 Å². The van der Waals surface area contributed by atoms with Crippen molar-refractivity contribution in [2.75, 3.05) is 12.0 Å². The molecule has 0 aliphatic heterocycles. The summed E-state index contributed by atoms with van der Waals surface area (Å²) < 4.78 is 25.1. The summed E-state index contributed by atoms with van der Waals surface area (Å²) >= 11 is 0. The Bertz CT molecular complexity index is 706. The van der Waals surface area contributed by atoms with Crippen molar-refractivity contribution in [2.24, 2.45) is 0 Å². The minimum atomic E-state index is -3.21.